The van der Waals surface area contributed by atoms with Gasteiger partial charge in [-0.3, -0.25) is 0 Å². The molecule has 0 saturated heterocycles. The second kappa shape index (κ2) is 9.35. The molecule has 0 bridgehead atoms. The third-order valence-corrected chi connectivity index (χ3v) is 12.2. The molecule has 3 heteroatoms. The highest BCUT2D eigenvalue weighted by atomic mass is 16.5. The largest absolute Gasteiger partial charge is 0.463 e. The van der Waals surface area contributed by atoms with Crippen LogP contribution in [0.15, 0.2) is 12.7 Å². The van der Waals surface area contributed by atoms with Gasteiger partial charge in [-0.05, 0) is 152 Å². The second-order valence-corrected chi connectivity index (χ2v) is 15.5. The lowest BCUT2D eigenvalue weighted by molar-refractivity contribution is -0.137. The van der Waals surface area contributed by atoms with Gasteiger partial charge in [-0.1, -0.05) is 48.1 Å². The Balaban J connectivity index is 1.80. The molecule has 0 aliphatic carbocycles. The van der Waals surface area contributed by atoms with Crippen LogP contribution in [0.5, 0.6) is 0 Å². The lowest BCUT2D eigenvalue weighted by Gasteiger charge is -2.58. The topological polar surface area (TPSA) is 29.5 Å². The molecule has 44 heavy (non-hydrogen) atoms. The molecule has 0 N–H and O–H groups in total. The van der Waals surface area contributed by atoms with E-state index in [0.717, 1.165) is 12.8 Å². The van der Waals surface area contributed by atoms with Gasteiger partial charge in [0.15, 0.2) is 0 Å². The summed E-state index contributed by atoms with van der Waals surface area (Å²) in [6.07, 6.45) is 2.91. The molecule has 0 atom stereocenters. The van der Waals surface area contributed by atoms with E-state index in [9.17, 15) is 4.79 Å². The van der Waals surface area contributed by atoms with E-state index >= 15 is 0 Å². The second-order valence-electron chi connectivity index (χ2n) is 15.5. The SMILES string of the molecule is C=CC(=O)OCCCc1c(C)c2c3c(c1C)C(C)(C)c1c(C)c(C)c(C)c4c1N3c1c(c(C)c(C)c(C)c1C2(C)C)C4(C)C. The van der Waals surface area contributed by atoms with Crippen molar-refractivity contribution in [3.63, 3.8) is 0 Å². The summed E-state index contributed by atoms with van der Waals surface area (Å²) in [4.78, 5) is 14.5. The van der Waals surface area contributed by atoms with Crippen molar-refractivity contribution in [1.29, 1.82) is 0 Å². The van der Waals surface area contributed by atoms with Gasteiger partial charge in [-0.25, -0.2) is 4.79 Å². The highest BCUT2D eigenvalue weighted by molar-refractivity contribution is 6.01. The van der Waals surface area contributed by atoms with Crippen LogP contribution in [0.25, 0.3) is 0 Å². The number of carbonyl (C=O) groups is 1. The van der Waals surface area contributed by atoms with Crippen LogP contribution < -0.4 is 4.90 Å². The Bertz CT molecular complexity index is 1730. The summed E-state index contributed by atoms with van der Waals surface area (Å²) in [5.74, 6) is -0.351. The Labute approximate surface area is 265 Å². The zero-order chi connectivity index (χ0) is 32.6. The van der Waals surface area contributed by atoms with E-state index in [1.807, 2.05) is 0 Å². The van der Waals surface area contributed by atoms with E-state index in [1.54, 1.807) is 0 Å². The first-order chi connectivity index (χ1) is 20.4. The Hall–Kier alpha value is -3.33. The molecule has 3 heterocycles. The van der Waals surface area contributed by atoms with Gasteiger partial charge in [-0.2, -0.15) is 0 Å². The molecular weight excluding hydrogens is 538 g/mol. The fourth-order valence-electron chi connectivity index (χ4n) is 10.2. The monoisotopic (exact) mass is 589 g/mol. The Kier molecular flexibility index (Phi) is 6.52. The average Bonchev–Trinajstić information content (AvgIpc) is 2.92. The molecular formula is C41H51NO2. The minimum Gasteiger partial charge on any atom is -0.463 e. The summed E-state index contributed by atoms with van der Waals surface area (Å²) < 4.78 is 5.42. The van der Waals surface area contributed by atoms with Gasteiger partial charge < -0.3 is 9.64 Å². The van der Waals surface area contributed by atoms with Crippen LogP contribution in [0.2, 0.25) is 0 Å². The first-order valence-corrected chi connectivity index (χ1v) is 16.4. The number of ether oxygens (including phenoxy) is 1. The quantitative estimate of drug-likeness (QED) is 0.168. The molecule has 3 aliphatic heterocycles. The Morgan fingerprint density at radius 3 is 1.23 bits per heavy atom. The number of nitrogens with zero attached hydrogens (tertiary/aromatic N) is 1. The summed E-state index contributed by atoms with van der Waals surface area (Å²) in [7, 11) is 0. The Morgan fingerprint density at radius 2 is 0.909 bits per heavy atom. The summed E-state index contributed by atoms with van der Waals surface area (Å²) in [5, 5.41) is 0. The molecule has 3 aromatic carbocycles. The summed E-state index contributed by atoms with van der Waals surface area (Å²) in [6.45, 7) is 37.6. The maximum Gasteiger partial charge on any atom is 0.330 e. The fraction of sp³-hybridized carbons (Fsp3) is 0.488. The van der Waals surface area contributed by atoms with Crippen molar-refractivity contribution in [3.05, 3.63) is 96.1 Å². The number of anilines is 3. The lowest BCUT2D eigenvalue weighted by Crippen LogP contribution is -2.46. The molecule has 3 nitrogen and oxygen atoms in total. The summed E-state index contributed by atoms with van der Waals surface area (Å²) in [6, 6.07) is 0. The van der Waals surface area contributed by atoms with E-state index in [4.69, 9.17) is 4.74 Å². The van der Waals surface area contributed by atoms with E-state index < -0.39 is 0 Å². The van der Waals surface area contributed by atoms with Crippen molar-refractivity contribution in [3.8, 4) is 0 Å². The van der Waals surface area contributed by atoms with Gasteiger partial charge >= 0.3 is 5.97 Å². The molecule has 0 unspecified atom stereocenters. The number of esters is 1. The van der Waals surface area contributed by atoms with Crippen LogP contribution in [0, 0.1) is 55.4 Å². The first-order valence-electron chi connectivity index (χ1n) is 16.4. The van der Waals surface area contributed by atoms with E-state index in [1.165, 1.54) is 107 Å². The van der Waals surface area contributed by atoms with Crippen molar-refractivity contribution in [2.45, 2.75) is 126 Å². The zero-order valence-corrected chi connectivity index (χ0v) is 29.7. The highest BCUT2D eigenvalue weighted by Gasteiger charge is 2.55. The normalized spacial score (nSPS) is 17.4. The molecule has 0 amide bonds. The average molecular weight is 590 g/mol. The van der Waals surface area contributed by atoms with Crippen LogP contribution in [-0.4, -0.2) is 12.6 Å². The van der Waals surface area contributed by atoms with E-state index in [0.29, 0.717) is 6.61 Å². The smallest absolute Gasteiger partial charge is 0.330 e. The van der Waals surface area contributed by atoms with Crippen LogP contribution in [0.3, 0.4) is 0 Å². The van der Waals surface area contributed by atoms with Crippen LogP contribution in [-0.2, 0) is 32.2 Å². The van der Waals surface area contributed by atoms with Gasteiger partial charge in [0, 0.05) is 22.3 Å². The Morgan fingerprint density at radius 1 is 0.591 bits per heavy atom. The molecule has 0 saturated carbocycles. The van der Waals surface area contributed by atoms with Gasteiger partial charge in [0.05, 0.1) is 23.7 Å². The standard InChI is InChI=1S/C41H51NO2/c1-16-29(43)44-19-17-18-28-26(8)34-38-35(27(28)9)41(14,15)33-25(7)21(3)23(5)31-37(33)42(38)36-30(39(31,10)11)22(4)20(2)24(6)32(36)40(34,12)13/h16H,1,17-19H2,2-15H3. The summed E-state index contributed by atoms with van der Waals surface area (Å²) in [5.41, 5.74) is 25.3. The van der Waals surface area contributed by atoms with Crippen molar-refractivity contribution in [2.75, 3.05) is 11.5 Å². The van der Waals surface area contributed by atoms with E-state index in [2.05, 4.69) is 108 Å². The van der Waals surface area contributed by atoms with Crippen molar-refractivity contribution < 1.29 is 9.53 Å². The maximum absolute atomic E-state index is 11.8. The molecule has 0 spiro atoms. The molecule has 0 fully saturated rings. The predicted molar refractivity (Wildman–Crippen MR) is 185 cm³/mol. The molecule has 232 valence electrons. The van der Waals surface area contributed by atoms with Crippen molar-refractivity contribution >= 4 is 23.0 Å². The number of hydrogen-bond acceptors (Lipinski definition) is 3. The number of hydrogen-bond donors (Lipinski definition) is 0. The maximum atomic E-state index is 11.8. The molecule has 3 aliphatic rings. The number of carbonyl (C=O) groups excluding carboxylic acids is 1. The zero-order valence-electron chi connectivity index (χ0n) is 29.7. The van der Waals surface area contributed by atoms with Crippen molar-refractivity contribution in [1.82, 2.24) is 0 Å². The summed E-state index contributed by atoms with van der Waals surface area (Å²) >= 11 is 0. The fourth-order valence-corrected chi connectivity index (χ4v) is 10.2. The minimum atomic E-state index is -0.351. The lowest BCUT2D eigenvalue weighted by atomic mass is 9.56. The first kappa shape index (κ1) is 30.7. The van der Waals surface area contributed by atoms with Crippen molar-refractivity contribution in [2.24, 2.45) is 0 Å². The molecule has 3 aromatic rings. The number of benzene rings is 3. The minimum absolute atomic E-state index is 0.135. The molecule has 6 rings (SSSR count). The van der Waals surface area contributed by atoms with Gasteiger partial charge in [0.2, 0.25) is 0 Å². The van der Waals surface area contributed by atoms with Gasteiger partial charge in [-0.15, -0.1) is 0 Å². The van der Waals surface area contributed by atoms with E-state index in [-0.39, 0.29) is 22.2 Å². The van der Waals surface area contributed by atoms with Crippen LogP contribution in [0.1, 0.15) is 131 Å². The van der Waals surface area contributed by atoms with Crippen LogP contribution in [0.4, 0.5) is 17.1 Å². The predicted octanol–water partition coefficient (Wildman–Crippen LogP) is 10.2. The third kappa shape index (κ3) is 3.47. The molecule has 0 aromatic heterocycles. The highest BCUT2D eigenvalue weighted by Crippen LogP contribution is 2.69. The van der Waals surface area contributed by atoms with Gasteiger partial charge in [0.25, 0.3) is 0 Å². The third-order valence-electron chi connectivity index (χ3n) is 12.2. The van der Waals surface area contributed by atoms with Gasteiger partial charge in [0.1, 0.15) is 0 Å². The number of rotatable bonds is 5. The van der Waals surface area contributed by atoms with Crippen LogP contribution >= 0.6 is 0 Å². The molecule has 0 radical (unpaired) electrons.